The van der Waals surface area contributed by atoms with Gasteiger partial charge in [-0.05, 0) is 25.5 Å². The molecule has 1 unspecified atom stereocenters. The van der Waals surface area contributed by atoms with Gasteiger partial charge >= 0.3 is 0 Å². The average Bonchev–Trinajstić information content (AvgIpc) is 3.02. The van der Waals surface area contributed by atoms with Gasteiger partial charge < -0.3 is 4.90 Å². The maximum atomic E-state index is 4.38. The molecule has 21 heavy (non-hydrogen) atoms. The second kappa shape index (κ2) is 6.22. The van der Waals surface area contributed by atoms with Crippen molar-refractivity contribution in [1.29, 1.82) is 0 Å². The third-order valence-electron chi connectivity index (χ3n) is 3.97. The van der Waals surface area contributed by atoms with Crippen molar-refractivity contribution >= 4 is 5.95 Å². The maximum Gasteiger partial charge on any atom is 0.224 e. The Hall–Kier alpha value is -1.95. The molecule has 1 N–H and O–H groups in total. The molecule has 0 radical (unpaired) electrons. The van der Waals surface area contributed by atoms with Crippen molar-refractivity contribution in [2.24, 2.45) is 0 Å². The molecule has 0 bridgehead atoms. The van der Waals surface area contributed by atoms with Crippen LogP contribution in [0.1, 0.15) is 30.0 Å². The van der Waals surface area contributed by atoms with Crippen molar-refractivity contribution < 1.29 is 0 Å². The van der Waals surface area contributed by atoms with Crippen LogP contribution in [0.5, 0.6) is 0 Å². The lowest BCUT2D eigenvalue weighted by atomic mass is 9.95. The molecule has 1 aliphatic rings. The van der Waals surface area contributed by atoms with E-state index in [1.54, 1.807) is 0 Å². The lowest BCUT2D eigenvalue weighted by Crippen LogP contribution is -2.34. The fourth-order valence-electron chi connectivity index (χ4n) is 2.87. The zero-order valence-corrected chi connectivity index (χ0v) is 12.7. The van der Waals surface area contributed by atoms with Crippen molar-refractivity contribution in [2.75, 3.05) is 32.1 Å². The Bertz CT molecular complexity index is 548. The van der Waals surface area contributed by atoms with Crippen LogP contribution < -0.4 is 4.90 Å². The van der Waals surface area contributed by atoms with E-state index < -0.39 is 0 Å². The summed E-state index contributed by atoms with van der Waals surface area (Å²) in [6, 6.07) is 2.09. The molecule has 6 heteroatoms. The SMILES string of the molecule is CN(C)c1ncc(CN2CCCC(c3ccn[nH]3)C2)cn1. The molecule has 2 aromatic heterocycles. The van der Waals surface area contributed by atoms with Crippen LogP contribution in [0.4, 0.5) is 5.95 Å². The van der Waals surface area contributed by atoms with Gasteiger partial charge in [-0.3, -0.25) is 10.00 Å². The van der Waals surface area contributed by atoms with Crippen LogP contribution in [-0.2, 0) is 6.54 Å². The first-order valence-electron chi connectivity index (χ1n) is 7.42. The first kappa shape index (κ1) is 14.0. The minimum atomic E-state index is 0.559. The van der Waals surface area contributed by atoms with Gasteiger partial charge in [-0.2, -0.15) is 5.10 Å². The molecule has 1 fully saturated rings. The molecule has 1 atom stereocenters. The molecule has 112 valence electrons. The number of nitrogens with one attached hydrogen (secondary N) is 1. The van der Waals surface area contributed by atoms with Crippen molar-refractivity contribution in [3.05, 3.63) is 35.9 Å². The first-order valence-corrected chi connectivity index (χ1v) is 7.42. The van der Waals surface area contributed by atoms with E-state index in [0.29, 0.717) is 5.92 Å². The number of piperidine rings is 1. The molecule has 0 aromatic carbocycles. The van der Waals surface area contributed by atoms with E-state index in [9.17, 15) is 0 Å². The number of nitrogens with zero attached hydrogens (tertiary/aromatic N) is 5. The third kappa shape index (κ3) is 3.39. The standard InChI is InChI=1S/C15H22N6/c1-20(2)15-16-8-12(9-17-15)10-21-7-3-4-13(11-21)14-5-6-18-19-14/h5-6,8-9,13H,3-4,7,10-11H2,1-2H3,(H,18,19). The number of hydrogen-bond donors (Lipinski definition) is 1. The van der Waals surface area contributed by atoms with Crippen molar-refractivity contribution in [2.45, 2.75) is 25.3 Å². The minimum absolute atomic E-state index is 0.559. The van der Waals surface area contributed by atoms with Gasteiger partial charge in [0.1, 0.15) is 0 Å². The molecule has 1 aliphatic heterocycles. The van der Waals surface area contributed by atoms with Crippen LogP contribution in [0.25, 0.3) is 0 Å². The zero-order valence-electron chi connectivity index (χ0n) is 12.7. The highest BCUT2D eigenvalue weighted by Crippen LogP contribution is 2.26. The molecule has 6 nitrogen and oxygen atoms in total. The predicted octanol–water partition coefficient (Wildman–Crippen LogP) is 1.65. The highest BCUT2D eigenvalue weighted by Gasteiger charge is 2.22. The minimum Gasteiger partial charge on any atom is -0.347 e. The summed E-state index contributed by atoms with van der Waals surface area (Å²) in [5, 5.41) is 7.17. The first-order chi connectivity index (χ1) is 10.2. The van der Waals surface area contributed by atoms with Crippen molar-refractivity contribution in [3.8, 4) is 0 Å². The highest BCUT2D eigenvalue weighted by atomic mass is 15.2. The van der Waals surface area contributed by atoms with Gasteiger partial charge in [0.25, 0.3) is 0 Å². The smallest absolute Gasteiger partial charge is 0.224 e. The molecule has 1 saturated heterocycles. The summed E-state index contributed by atoms with van der Waals surface area (Å²) in [7, 11) is 3.91. The normalized spacial score (nSPS) is 19.6. The second-order valence-corrected chi connectivity index (χ2v) is 5.87. The molecule has 0 saturated carbocycles. The van der Waals surface area contributed by atoms with Gasteiger partial charge in [0.15, 0.2) is 0 Å². The van der Waals surface area contributed by atoms with Gasteiger partial charge in [0.05, 0.1) is 0 Å². The second-order valence-electron chi connectivity index (χ2n) is 5.87. The van der Waals surface area contributed by atoms with E-state index in [0.717, 1.165) is 25.6 Å². The van der Waals surface area contributed by atoms with E-state index >= 15 is 0 Å². The fraction of sp³-hybridized carbons (Fsp3) is 0.533. The number of anilines is 1. The average molecular weight is 286 g/mol. The van der Waals surface area contributed by atoms with Crippen LogP contribution in [0.3, 0.4) is 0 Å². The van der Waals surface area contributed by atoms with E-state index in [4.69, 9.17) is 0 Å². The molecule has 3 heterocycles. The molecule has 0 aliphatic carbocycles. The quantitative estimate of drug-likeness (QED) is 0.926. The summed E-state index contributed by atoms with van der Waals surface area (Å²) in [4.78, 5) is 13.2. The van der Waals surface area contributed by atoms with Crippen molar-refractivity contribution in [1.82, 2.24) is 25.1 Å². The van der Waals surface area contributed by atoms with E-state index in [1.807, 2.05) is 37.6 Å². The van der Waals surface area contributed by atoms with Crippen molar-refractivity contribution in [3.63, 3.8) is 0 Å². The summed E-state index contributed by atoms with van der Waals surface area (Å²) < 4.78 is 0. The summed E-state index contributed by atoms with van der Waals surface area (Å²) >= 11 is 0. The molecule has 3 rings (SSSR count). The predicted molar refractivity (Wildman–Crippen MR) is 82.2 cm³/mol. The summed E-state index contributed by atoms with van der Waals surface area (Å²) in [5.41, 5.74) is 2.42. The Kier molecular flexibility index (Phi) is 4.15. The van der Waals surface area contributed by atoms with E-state index in [1.165, 1.54) is 24.1 Å². The number of hydrogen-bond acceptors (Lipinski definition) is 5. The molecular weight excluding hydrogens is 264 g/mol. The van der Waals surface area contributed by atoms with Gasteiger partial charge in [-0.25, -0.2) is 9.97 Å². The Morgan fingerprint density at radius 1 is 1.33 bits per heavy atom. The highest BCUT2D eigenvalue weighted by molar-refractivity contribution is 5.26. The Labute approximate surface area is 125 Å². The summed E-state index contributed by atoms with van der Waals surface area (Å²) in [6.07, 6.45) is 8.15. The van der Waals surface area contributed by atoms with Crippen LogP contribution in [0.15, 0.2) is 24.7 Å². The fourth-order valence-corrected chi connectivity index (χ4v) is 2.87. The molecule has 0 spiro atoms. The molecular formula is C15H22N6. The number of aromatic amines is 1. The monoisotopic (exact) mass is 286 g/mol. The Balaban J connectivity index is 1.62. The lowest BCUT2D eigenvalue weighted by Gasteiger charge is -2.32. The van der Waals surface area contributed by atoms with E-state index in [2.05, 4.69) is 31.1 Å². The van der Waals surface area contributed by atoms with Gasteiger partial charge in [-0.15, -0.1) is 0 Å². The number of likely N-dealkylation sites (tertiary alicyclic amines) is 1. The summed E-state index contributed by atoms with van der Waals surface area (Å²) in [5.74, 6) is 1.32. The number of rotatable bonds is 4. The Morgan fingerprint density at radius 3 is 2.81 bits per heavy atom. The Morgan fingerprint density at radius 2 is 2.14 bits per heavy atom. The van der Waals surface area contributed by atoms with Crippen LogP contribution in [-0.4, -0.2) is 52.3 Å². The van der Waals surface area contributed by atoms with Crippen LogP contribution in [0.2, 0.25) is 0 Å². The zero-order chi connectivity index (χ0) is 14.7. The largest absolute Gasteiger partial charge is 0.347 e. The van der Waals surface area contributed by atoms with Crippen LogP contribution >= 0.6 is 0 Å². The third-order valence-corrected chi connectivity index (χ3v) is 3.97. The summed E-state index contributed by atoms with van der Waals surface area (Å²) in [6.45, 7) is 3.12. The number of H-pyrrole nitrogens is 1. The van der Waals surface area contributed by atoms with Gasteiger partial charge in [-0.1, -0.05) is 0 Å². The van der Waals surface area contributed by atoms with Gasteiger partial charge in [0, 0.05) is 63.0 Å². The van der Waals surface area contributed by atoms with Crippen LogP contribution in [0, 0.1) is 0 Å². The maximum absolute atomic E-state index is 4.38. The lowest BCUT2D eigenvalue weighted by molar-refractivity contribution is 0.198. The topological polar surface area (TPSA) is 60.9 Å². The molecule has 2 aromatic rings. The van der Waals surface area contributed by atoms with Gasteiger partial charge in [0.2, 0.25) is 5.95 Å². The molecule has 0 amide bonds. The number of aromatic nitrogens is 4. The van der Waals surface area contributed by atoms with E-state index in [-0.39, 0.29) is 0 Å².